The van der Waals surface area contributed by atoms with Gasteiger partial charge in [-0.3, -0.25) is 4.79 Å². The van der Waals surface area contributed by atoms with E-state index in [0.717, 1.165) is 24.8 Å². The van der Waals surface area contributed by atoms with E-state index in [2.05, 4.69) is 10.2 Å². The fraction of sp³-hybridized carbons (Fsp3) is 0.562. The van der Waals surface area contributed by atoms with Crippen LogP contribution in [0.2, 0.25) is 0 Å². The van der Waals surface area contributed by atoms with Gasteiger partial charge in [-0.15, -0.1) is 0 Å². The maximum atomic E-state index is 12.3. The van der Waals surface area contributed by atoms with E-state index in [1.54, 1.807) is 0 Å². The topological polar surface area (TPSA) is 69.7 Å². The molecule has 1 saturated heterocycles. The number of carbonyl (C=O) groups is 1. The van der Waals surface area contributed by atoms with Crippen LogP contribution in [0.3, 0.4) is 0 Å². The van der Waals surface area contributed by atoms with Gasteiger partial charge in [-0.2, -0.15) is 4.31 Å². The first-order valence-electron chi connectivity index (χ1n) is 7.74. The quantitative estimate of drug-likeness (QED) is 0.832. The van der Waals surface area contributed by atoms with Crippen LogP contribution in [0.15, 0.2) is 24.3 Å². The van der Waals surface area contributed by atoms with E-state index in [1.807, 2.05) is 38.4 Å². The highest BCUT2D eigenvalue weighted by atomic mass is 32.2. The third-order valence-electron chi connectivity index (χ3n) is 3.92. The predicted octanol–water partition coefficient (Wildman–Crippen LogP) is 0.788. The van der Waals surface area contributed by atoms with Gasteiger partial charge in [-0.05, 0) is 38.1 Å². The molecule has 128 valence electrons. The Morgan fingerprint density at radius 3 is 2.43 bits per heavy atom. The van der Waals surface area contributed by atoms with Gasteiger partial charge in [-0.1, -0.05) is 24.3 Å². The van der Waals surface area contributed by atoms with Crippen LogP contribution >= 0.6 is 0 Å². The first-order chi connectivity index (χ1) is 10.8. The van der Waals surface area contributed by atoms with Gasteiger partial charge in [0.15, 0.2) is 0 Å². The molecule has 1 unspecified atom stereocenters. The SMILES string of the molecule is CN(C)Cc1ccc(CNC(=O)C2CCCN2S(C)(=O)=O)cc1. The van der Waals surface area contributed by atoms with Crippen molar-refractivity contribution in [2.75, 3.05) is 26.9 Å². The second-order valence-corrected chi connectivity index (χ2v) is 8.24. The van der Waals surface area contributed by atoms with Crippen molar-refractivity contribution >= 4 is 15.9 Å². The van der Waals surface area contributed by atoms with E-state index >= 15 is 0 Å². The number of carbonyl (C=O) groups excluding carboxylic acids is 1. The van der Waals surface area contributed by atoms with Crippen LogP contribution in [0.1, 0.15) is 24.0 Å². The summed E-state index contributed by atoms with van der Waals surface area (Å²) in [6.07, 6.45) is 2.47. The van der Waals surface area contributed by atoms with E-state index in [0.29, 0.717) is 19.5 Å². The molecule has 1 aliphatic rings. The predicted molar refractivity (Wildman–Crippen MR) is 90.3 cm³/mol. The highest BCUT2D eigenvalue weighted by molar-refractivity contribution is 7.88. The highest BCUT2D eigenvalue weighted by Gasteiger charge is 2.36. The van der Waals surface area contributed by atoms with Crippen LogP contribution in [0.5, 0.6) is 0 Å². The molecule has 0 radical (unpaired) electrons. The van der Waals surface area contributed by atoms with Gasteiger partial charge in [-0.25, -0.2) is 8.42 Å². The van der Waals surface area contributed by atoms with Gasteiger partial charge < -0.3 is 10.2 Å². The van der Waals surface area contributed by atoms with E-state index < -0.39 is 16.1 Å². The number of nitrogens with one attached hydrogen (secondary N) is 1. The molecule has 0 bridgehead atoms. The molecule has 1 amide bonds. The summed E-state index contributed by atoms with van der Waals surface area (Å²) in [5.41, 5.74) is 2.22. The molecule has 6 nitrogen and oxygen atoms in total. The van der Waals surface area contributed by atoms with Gasteiger partial charge in [0.05, 0.1) is 6.26 Å². The molecule has 1 fully saturated rings. The Morgan fingerprint density at radius 2 is 1.87 bits per heavy atom. The molecule has 0 aromatic heterocycles. The van der Waals surface area contributed by atoms with Crippen molar-refractivity contribution in [2.24, 2.45) is 0 Å². The largest absolute Gasteiger partial charge is 0.351 e. The van der Waals surface area contributed by atoms with Gasteiger partial charge >= 0.3 is 0 Å². The van der Waals surface area contributed by atoms with E-state index in [1.165, 1.54) is 9.87 Å². The van der Waals surface area contributed by atoms with E-state index in [-0.39, 0.29) is 5.91 Å². The van der Waals surface area contributed by atoms with Crippen molar-refractivity contribution in [3.05, 3.63) is 35.4 Å². The zero-order valence-electron chi connectivity index (χ0n) is 13.9. The van der Waals surface area contributed by atoms with Crippen LogP contribution in [-0.2, 0) is 27.9 Å². The molecule has 1 atom stereocenters. The van der Waals surface area contributed by atoms with Crippen molar-refractivity contribution in [2.45, 2.75) is 32.0 Å². The van der Waals surface area contributed by atoms with Crippen molar-refractivity contribution in [3.8, 4) is 0 Å². The molecule has 0 saturated carbocycles. The van der Waals surface area contributed by atoms with Crippen LogP contribution in [0, 0.1) is 0 Å². The molecule has 1 aliphatic heterocycles. The lowest BCUT2D eigenvalue weighted by Gasteiger charge is -2.21. The standard InChI is InChI=1S/C16H25N3O3S/c1-18(2)12-14-8-6-13(7-9-14)11-17-16(20)15-5-4-10-19(15)23(3,21)22/h6-9,15H,4-5,10-12H2,1-3H3,(H,17,20). The van der Waals surface area contributed by atoms with Gasteiger partial charge in [0.25, 0.3) is 0 Å². The highest BCUT2D eigenvalue weighted by Crippen LogP contribution is 2.20. The summed E-state index contributed by atoms with van der Waals surface area (Å²) in [7, 11) is 0.705. The number of nitrogens with zero attached hydrogens (tertiary/aromatic N) is 2. The van der Waals surface area contributed by atoms with Crippen molar-refractivity contribution in [1.29, 1.82) is 0 Å². The Balaban J connectivity index is 1.91. The lowest BCUT2D eigenvalue weighted by Crippen LogP contribution is -2.45. The maximum Gasteiger partial charge on any atom is 0.238 e. The fourth-order valence-electron chi connectivity index (χ4n) is 2.83. The minimum absolute atomic E-state index is 0.217. The number of hydrogen-bond donors (Lipinski definition) is 1. The number of amides is 1. The summed E-state index contributed by atoms with van der Waals surface area (Å²) >= 11 is 0. The summed E-state index contributed by atoms with van der Waals surface area (Å²) in [6, 6.07) is 7.49. The average molecular weight is 339 g/mol. The molecule has 0 aliphatic carbocycles. The molecular formula is C16H25N3O3S. The zero-order valence-corrected chi connectivity index (χ0v) is 14.8. The van der Waals surface area contributed by atoms with E-state index in [9.17, 15) is 13.2 Å². The Bertz CT molecular complexity index is 641. The van der Waals surface area contributed by atoms with Crippen LogP contribution in [0.4, 0.5) is 0 Å². The first kappa shape index (κ1) is 17.9. The lowest BCUT2D eigenvalue weighted by molar-refractivity contribution is -0.124. The average Bonchev–Trinajstić information content (AvgIpc) is 2.95. The first-order valence-corrected chi connectivity index (χ1v) is 9.59. The molecule has 1 aromatic carbocycles. The summed E-state index contributed by atoms with van der Waals surface area (Å²) in [6.45, 7) is 1.71. The summed E-state index contributed by atoms with van der Waals surface area (Å²) in [4.78, 5) is 14.4. The van der Waals surface area contributed by atoms with Crippen molar-refractivity contribution in [3.63, 3.8) is 0 Å². The normalized spacial score (nSPS) is 19.2. The number of rotatable bonds is 6. The zero-order chi connectivity index (χ0) is 17.0. The number of sulfonamides is 1. The molecule has 1 aromatic rings. The maximum absolute atomic E-state index is 12.3. The van der Waals surface area contributed by atoms with Crippen LogP contribution < -0.4 is 5.32 Å². The molecule has 23 heavy (non-hydrogen) atoms. The Morgan fingerprint density at radius 1 is 1.26 bits per heavy atom. The summed E-state index contributed by atoms with van der Waals surface area (Å²) in [5, 5.41) is 2.85. The van der Waals surface area contributed by atoms with Crippen molar-refractivity contribution in [1.82, 2.24) is 14.5 Å². The monoisotopic (exact) mass is 339 g/mol. The number of benzene rings is 1. The molecule has 1 heterocycles. The third-order valence-corrected chi connectivity index (χ3v) is 5.21. The second-order valence-electron chi connectivity index (χ2n) is 6.30. The molecule has 7 heteroatoms. The molecule has 0 spiro atoms. The van der Waals surface area contributed by atoms with Crippen molar-refractivity contribution < 1.29 is 13.2 Å². The van der Waals surface area contributed by atoms with Crippen LogP contribution in [-0.4, -0.2) is 56.5 Å². The minimum atomic E-state index is -3.33. The van der Waals surface area contributed by atoms with Crippen LogP contribution in [0.25, 0.3) is 0 Å². The number of hydrogen-bond acceptors (Lipinski definition) is 4. The summed E-state index contributed by atoms with van der Waals surface area (Å²) in [5.74, 6) is -0.217. The van der Waals surface area contributed by atoms with Gasteiger partial charge in [0.1, 0.15) is 6.04 Å². The lowest BCUT2D eigenvalue weighted by atomic mass is 10.1. The summed E-state index contributed by atoms with van der Waals surface area (Å²) < 4.78 is 24.7. The van der Waals surface area contributed by atoms with Gasteiger partial charge in [0.2, 0.25) is 15.9 Å². The fourth-order valence-corrected chi connectivity index (χ4v) is 3.96. The van der Waals surface area contributed by atoms with E-state index in [4.69, 9.17) is 0 Å². The minimum Gasteiger partial charge on any atom is -0.351 e. The Labute approximate surface area is 138 Å². The van der Waals surface area contributed by atoms with Gasteiger partial charge in [0, 0.05) is 19.6 Å². The Hall–Kier alpha value is -1.44. The Kier molecular flexibility index (Phi) is 5.78. The molecular weight excluding hydrogens is 314 g/mol. The molecule has 2 rings (SSSR count). The third kappa shape index (κ3) is 5.02. The molecule has 1 N–H and O–H groups in total. The second kappa shape index (κ2) is 7.42. The smallest absolute Gasteiger partial charge is 0.238 e.